The molecule has 3 rings (SSSR count). The van der Waals surface area contributed by atoms with E-state index in [1.165, 1.54) is 4.90 Å². The van der Waals surface area contributed by atoms with Crippen LogP contribution in [0.3, 0.4) is 0 Å². The number of anilines is 2. The van der Waals surface area contributed by atoms with E-state index in [1.54, 1.807) is 43.9 Å². The number of fused-ring (bicyclic) bond motifs is 1. The smallest absolute Gasteiger partial charge is 0.412 e. The summed E-state index contributed by atoms with van der Waals surface area (Å²) in [5.41, 5.74) is 0.245. The zero-order valence-electron chi connectivity index (χ0n) is 16.3. The fourth-order valence-electron chi connectivity index (χ4n) is 2.92. The van der Waals surface area contributed by atoms with Gasteiger partial charge < -0.3 is 19.1 Å². The highest BCUT2D eigenvalue weighted by atomic mass is 16.6. The van der Waals surface area contributed by atoms with Crippen molar-refractivity contribution in [2.75, 3.05) is 49.7 Å². The van der Waals surface area contributed by atoms with E-state index in [-0.39, 0.29) is 25.0 Å². The molecule has 1 fully saturated rings. The summed E-state index contributed by atoms with van der Waals surface area (Å²) < 4.78 is 16.0. The highest BCUT2D eigenvalue weighted by Crippen LogP contribution is 2.34. The average molecular weight is 391 g/mol. The molecule has 1 N–H and O–H groups in total. The van der Waals surface area contributed by atoms with Gasteiger partial charge >= 0.3 is 6.09 Å². The first-order valence-electron chi connectivity index (χ1n) is 9.16. The lowest BCUT2D eigenvalue weighted by Gasteiger charge is -2.33. The second-order valence-corrected chi connectivity index (χ2v) is 7.57. The van der Waals surface area contributed by atoms with Gasteiger partial charge in [-0.15, -0.1) is 0 Å². The number of benzene rings is 1. The van der Waals surface area contributed by atoms with Crippen molar-refractivity contribution in [3.05, 3.63) is 18.2 Å². The lowest BCUT2D eigenvalue weighted by molar-refractivity contribution is -0.135. The van der Waals surface area contributed by atoms with Crippen LogP contribution in [0.2, 0.25) is 0 Å². The van der Waals surface area contributed by atoms with Crippen molar-refractivity contribution in [1.82, 2.24) is 4.90 Å². The van der Waals surface area contributed by atoms with Crippen molar-refractivity contribution in [1.29, 1.82) is 0 Å². The first kappa shape index (κ1) is 19.9. The standard InChI is InChI=1S/C19H25N3O6/c1-19(2,3)28-18(25)20-13-4-5-15-14(10-13)22(17(24)12-27-15)11-16(23)21-6-8-26-9-7-21/h4-5,10H,6-9,11-12H2,1-3H3,(H,20,25). The lowest BCUT2D eigenvalue weighted by Crippen LogP contribution is -2.49. The van der Waals surface area contributed by atoms with Gasteiger partial charge in [0.2, 0.25) is 5.91 Å². The Morgan fingerprint density at radius 2 is 1.93 bits per heavy atom. The van der Waals surface area contributed by atoms with Crippen molar-refractivity contribution < 1.29 is 28.6 Å². The molecule has 1 saturated heterocycles. The molecular formula is C19H25N3O6. The summed E-state index contributed by atoms with van der Waals surface area (Å²) in [6, 6.07) is 4.91. The molecule has 9 nitrogen and oxygen atoms in total. The molecule has 0 radical (unpaired) electrons. The SMILES string of the molecule is CC(C)(C)OC(=O)Nc1ccc2c(c1)N(CC(=O)N1CCOCC1)C(=O)CO2. The second-order valence-electron chi connectivity index (χ2n) is 7.57. The van der Waals surface area contributed by atoms with E-state index in [9.17, 15) is 14.4 Å². The first-order valence-corrected chi connectivity index (χ1v) is 9.16. The van der Waals surface area contributed by atoms with Gasteiger partial charge in [-0.3, -0.25) is 19.8 Å². The number of amides is 3. The Morgan fingerprint density at radius 3 is 2.61 bits per heavy atom. The van der Waals surface area contributed by atoms with E-state index >= 15 is 0 Å². The summed E-state index contributed by atoms with van der Waals surface area (Å²) in [7, 11) is 0. The number of nitrogens with zero attached hydrogens (tertiary/aromatic N) is 2. The van der Waals surface area contributed by atoms with E-state index in [2.05, 4.69) is 5.32 Å². The molecule has 0 atom stereocenters. The van der Waals surface area contributed by atoms with Gasteiger partial charge in [0.25, 0.3) is 5.91 Å². The first-order chi connectivity index (χ1) is 13.2. The molecular weight excluding hydrogens is 366 g/mol. The minimum atomic E-state index is -0.631. The van der Waals surface area contributed by atoms with E-state index < -0.39 is 11.7 Å². The maximum Gasteiger partial charge on any atom is 0.412 e. The van der Waals surface area contributed by atoms with E-state index in [0.717, 1.165) is 0 Å². The number of morpholine rings is 1. The number of rotatable bonds is 3. The van der Waals surface area contributed by atoms with E-state index in [1.807, 2.05) is 0 Å². The number of nitrogens with one attached hydrogen (secondary N) is 1. The quantitative estimate of drug-likeness (QED) is 0.841. The third-order valence-corrected chi connectivity index (χ3v) is 4.20. The summed E-state index contributed by atoms with van der Waals surface area (Å²) in [6.07, 6.45) is -0.605. The van der Waals surface area contributed by atoms with Gasteiger partial charge in [-0.2, -0.15) is 0 Å². The molecule has 0 aliphatic carbocycles. The van der Waals surface area contributed by atoms with Crippen molar-refractivity contribution in [3.8, 4) is 5.75 Å². The van der Waals surface area contributed by atoms with Crippen molar-refractivity contribution in [3.63, 3.8) is 0 Å². The predicted molar refractivity (Wildman–Crippen MR) is 102 cm³/mol. The largest absolute Gasteiger partial charge is 0.482 e. The molecule has 1 aromatic rings. The van der Waals surface area contributed by atoms with Crippen LogP contribution in [0.15, 0.2) is 18.2 Å². The monoisotopic (exact) mass is 391 g/mol. The Morgan fingerprint density at radius 1 is 1.21 bits per heavy atom. The van der Waals surface area contributed by atoms with Gasteiger partial charge in [0.15, 0.2) is 6.61 Å². The normalized spacial score (nSPS) is 16.9. The Bertz CT molecular complexity index is 767. The number of hydrogen-bond donors (Lipinski definition) is 1. The van der Waals surface area contributed by atoms with Gasteiger partial charge in [0.05, 0.1) is 18.9 Å². The maximum absolute atomic E-state index is 12.6. The van der Waals surface area contributed by atoms with Crippen molar-refractivity contribution in [2.45, 2.75) is 26.4 Å². The molecule has 28 heavy (non-hydrogen) atoms. The average Bonchev–Trinajstić information content (AvgIpc) is 2.63. The molecule has 0 saturated carbocycles. The zero-order chi connectivity index (χ0) is 20.3. The second kappa shape index (κ2) is 8.05. The Labute approximate surface area is 163 Å². The third kappa shape index (κ3) is 4.92. The van der Waals surface area contributed by atoms with Crippen LogP contribution in [0, 0.1) is 0 Å². The number of hydrogen-bond acceptors (Lipinski definition) is 6. The molecule has 3 amide bonds. The minimum Gasteiger partial charge on any atom is -0.482 e. The fraction of sp³-hybridized carbons (Fsp3) is 0.526. The Balaban J connectivity index is 1.76. The Hall–Kier alpha value is -2.81. The summed E-state index contributed by atoms with van der Waals surface area (Å²) in [4.78, 5) is 40.0. The van der Waals surface area contributed by atoms with Gasteiger partial charge in [-0.05, 0) is 39.0 Å². The highest BCUT2D eigenvalue weighted by Gasteiger charge is 2.30. The maximum atomic E-state index is 12.6. The molecule has 9 heteroatoms. The molecule has 2 aliphatic heterocycles. The van der Waals surface area contributed by atoms with Crippen LogP contribution in [0.5, 0.6) is 5.75 Å². The number of ether oxygens (including phenoxy) is 3. The van der Waals surface area contributed by atoms with Gasteiger partial charge in [0, 0.05) is 18.8 Å². The van der Waals surface area contributed by atoms with Crippen LogP contribution in [-0.2, 0) is 19.1 Å². The van der Waals surface area contributed by atoms with E-state index in [4.69, 9.17) is 14.2 Å². The molecule has 152 valence electrons. The number of carbonyl (C=O) groups excluding carboxylic acids is 3. The summed E-state index contributed by atoms with van der Waals surface area (Å²) in [5.74, 6) is 0.00245. The topological polar surface area (TPSA) is 97.4 Å². The van der Waals surface area contributed by atoms with Crippen LogP contribution < -0.4 is 15.0 Å². The highest BCUT2D eigenvalue weighted by molar-refractivity contribution is 6.03. The summed E-state index contributed by atoms with van der Waals surface area (Å²) >= 11 is 0. The molecule has 0 aromatic heterocycles. The van der Waals surface area contributed by atoms with Gasteiger partial charge in [-0.25, -0.2) is 4.79 Å². The third-order valence-electron chi connectivity index (χ3n) is 4.20. The van der Waals surface area contributed by atoms with Gasteiger partial charge in [0.1, 0.15) is 17.9 Å². The molecule has 0 spiro atoms. The van der Waals surface area contributed by atoms with E-state index in [0.29, 0.717) is 43.4 Å². The van der Waals surface area contributed by atoms with Crippen LogP contribution in [0.25, 0.3) is 0 Å². The molecule has 2 heterocycles. The summed E-state index contributed by atoms with van der Waals surface area (Å²) in [5, 5.41) is 2.63. The van der Waals surface area contributed by atoms with Crippen molar-refractivity contribution >= 4 is 29.3 Å². The predicted octanol–water partition coefficient (Wildman–Crippen LogP) is 1.62. The zero-order valence-corrected chi connectivity index (χ0v) is 16.3. The molecule has 0 bridgehead atoms. The molecule has 1 aromatic carbocycles. The van der Waals surface area contributed by atoms with Crippen LogP contribution >= 0.6 is 0 Å². The fourth-order valence-corrected chi connectivity index (χ4v) is 2.92. The minimum absolute atomic E-state index is 0.0922. The lowest BCUT2D eigenvalue weighted by atomic mass is 10.2. The van der Waals surface area contributed by atoms with Crippen LogP contribution in [-0.4, -0.2) is 67.9 Å². The van der Waals surface area contributed by atoms with Crippen LogP contribution in [0.1, 0.15) is 20.8 Å². The molecule has 2 aliphatic rings. The van der Waals surface area contributed by atoms with Crippen molar-refractivity contribution in [2.24, 2.45) is 0 Å². The molecule has 0 unspecified atom stereocenters. The number of carbonyl (C=O) groups is 3. The summed E-state index contributed by atoms with van der Waals surface area (Å²) in [6.45, 7) is 7.07. The Kier molecular flexibility index (Phi) is 5.73. The van der Waals surface area contributed by atoms with Crippen LogP contribution in [0.4, 0.5) is 16.2 Å². The van der Waals surface area contributed by atoms with Gasteiger partial charge in [-0.1, -0.05) is 0 Å².